The Morgan fingerprint density at radius 2 is 2.14 bits per heavy atom. The molecule has 2 N–H and O–H groups in total. The van der Waals surface area contributed by atoms with Gasteiger partial charge in [-0.05, 0) is 12.1 Å². The minimum absolute atomic E-state index is 0.0238. The number of nitrogens with one attached hydrogen (secondary N) is 1. The molecule has 0 bridgehead atoms. The summed E-state index contributed by atoms with van der Waals surface area (Å²) in [6, 6.07) is 8.63. The number of hydrogen-bond donors (Lipinski definition) is 2. The molecule has 21 heavy (non-hydrogen) atoms. The van der Waals surface area contributed by atoms with Gasteiger partial charge in [-0.25, -0.2) is 4.98 Å². The van der Waals surface area contributed by atoms with E-state index in [1.54, 1.807) is 6.07 Å². The summed E-state index contributed by atoms with van der Waals surface area (Å²) in [5.74, 6) is -0.0613. The van der Waals surface area contributed by atoms with Crippen molar-refractivity contribution in [1.29, 1.82) is 0 Å². The molecule has 0 saturated carbocycles. The summed E-state index contributed by atoms with van der Waals surface area (Å²) < 4.78 is 0.870. The zero-order valence-electron chi connectivity index (χ0n) is 10.7. The molecule has 0 aliphatic heterocycles. The topological polar surface area (TPSA) is 83.0 Å². The fourth-order valence-corrected chi connectivity index (χ4v) is 3.69. The van der Waals surface area contributed by atoms with E-state index in [9.17, 15) is 14.7 Å². The van der Waals surface area contributed by atoms with Gasteiger partial charge in [-0.1, -0.05) is 23.9 Å². The molecule has 0 saturated heterocycles. The van der Waals surface area contributed by atoms with Crippen molar-refractivity contribution in [3.63, 3.8) is 0 Å². The first kappa shape index (κ1) is 13.8. The average Bonchev–Trinajstić information content (AvgIpc) is 2.83. The number of aromatic amines is 1. The van der Waals surface area contributed by atoms with Crippen LogP contribution in [0, 0.1) is 0 Å². The highest BCUT2D eigenvalue weighted by atomic mass is 32.2. The Labute approximate surface area is 127 Å². The summed E-state index contributed by atoms with van der Waals surface area (Å²) in [6.45, 7) is 0. The number of hydrogen-bond acceptors (Lipinski definition) is 6. The number of aromatic hydroxyl groups is 1. The first-order valence-electron chi connectivity index (χ1n) is 6.07. The molecule has 0 aliphatic rings. The quantitative estimate of drug-likeness (QED) is 0.439. The van der Waals surface area contributed by atoms with Crippen LogP contribution in [0.2, 0.25) is 0 Å². The lowest BCUT2D eigenvalue weighted by molar-refractivity contribution is 0.102. The molecule has 1 aromatic carbocycles. The van der Waals surface area contributed by atoms with Crippen molar-refractivity contribution < 1.29 is 9.90 Å². The number of benzene rings is 1. The van der Waals surface area contributed by atoms with Crippen molar-refractivity contribution in [2.75, 3.05) is 5.75 Å². The molecular weight excluding hydrogens is 308 g/mol. The number of carbonyl (C=O) groups excluding carboxylic acids is 1. The number of aromatic nitrogens is 2. The second-order valence-electron chi connectivity index (χ2n) is 4.23. The molecular formula is C14H10N2O3S2. The fraction of sp³-hybridized carbons (Fsp3) is 0.0714. The van der Waals surface area contributed by atoms with Crippen LogP contribution >= 0.6 is 23.1 Å². The fourth-order valence-electron chi connectivity index (χ4n) is 1.85. The van der Waals surface area contributed by atoms with Crippen molar-refractivity contribution in [1.82, 2.24) is 9.97 Å². The van der Waals surface area contributed by atoms with Gasteiger partial charge < -0.3 is 10.1 Å². The maximum atomic E-state index is 12.2. The lowest BCUT2D eigenvalue weighted by Gasteiger charge is -1.99. The SMILES string of the molecule is O=C(CSc1nccc(=O)[nH]1)c1sc2ccccc2c1O. The Morgan fingerprint density at radius 3 is 2.90 bits per heavy atom. The van der Waals surface area contributed by atoms with Crippen LogP contribution < -0.4 is 5.56 Å². The molecule has 3 aromatic rings. The van der Waals surface area contributed by atoms with E-state index in [0.29, 0.717) is 15.4 Å². The third kappa shape index (κ3) is 2.84. The van der Waals surface area contributed by atoms with Gasteiger partial charge in [0.25, 0.3) is 5.56 Å². The normalized spacial score (nSPS) is 10.9. The maximum Gasteiger partial charge on any atom is 0.251 e. The standard InChI is InChI=1S/C14H10N2O3S2/c17-9(7-20-14-15-6-5-11(18)16-14)13-12(19)8-3-1-2-4-10(8)21-13/h1-6,19H,7H2,(H,15,16,18). The van der Waals surface area contributed by atoms with Crippen molar-refractivity contribution >= 4 is 39.0 Å². The highest BCUT2D eigenvalue weighted by molar-refractivity contribution is 7.99. The van der Waals surface area contributed by atoms with Crippen molar-refractivity contribution in [2.24, 2.45) is 0 Å². The summed E-state index contributed by atoms with van der Waals surface area (Å²) in [7, 11) is 0. The first-order valence-corrected chi connectivity index (χ1v) is 7.87. The number of fused-ring (bicyclic) bond motifs is 1. The highest BCUT2D eigenvalue weighted by Gasteiger charge is 2.18. The molecule has 0 radical (unpaired) electrons. The number of H-pyrrole nitrogens is 1. The third-order valence-electron chi connectivity index (χ3n) is 2.81. The summed E-state index contributed by atoms with van der Waals surface area (Å²) in [5.41, 5.74) is -0.260. The van der Waals surface area contributed by atoms with E-state index in [0.717, 1.165) is 16.5 Å². The van der Waals surface area contributed by atoms with Gasteiger partial charge in [0.2, 0.25) is 0 Å². The summed E-state index contributed by atoms with van der Waals surface area (Å²) in [5, 5.41) is 11.2. The van der Waals surface area contributed by atoms with Crippen LogP contribution in [-0.2, 0) is 0 Å². The van der Waals surface area contributed by atoms with Gasteiger partial charge in [-0.2, -0.15) is 0 Å². The molecule has 5 nitrogen and oxygen atoms in total. The minimum Gasteiger partial charge on any atom is -0.506 e. The number of thioether (sulfide) groups is 1. The molecule has 0 unspecified atom stereocenters. The summed E-state index contributed by atoms with van der Waals surface area (Å²) in [4.78, 5) is 30.2. The van der Waals surface area contributed by atoms with Crippen LogP contribution in [0.15, 0.2) is 46.5 Å². The monoisotopic (exact) mass is 318 g/mol. The van der Waals surface area contributed by atoms with E-state index in [2.05, 4.69) is 9.97 Å². The van der Waals surface area contributed by atoms with Gasteiger partial charge in [0.15, 0.2) is 10.9 Å². The molecule has 0 aliphatic carbocycles. The molecule has 106 valence electrons. The summed E-state index contributed by atoms with van der Waals surface area (Å²) >= 11 is 2.40. The molecule has 0 spiro atoms. The lowest BCUT2D eigenvalue weighted by Crippen LogP contribution is -2.07. The van der Waals surface area contributed by atoms with Gasteiger partial charge in [0, 0.05) is 22.3 Å². The Hall–Kier alpha value is -2.12. The van der Waals surface area contributed by atoms with Crippen LogP contribution in [0.3, 0.4) is 0 Å². The molecule has 0 amide bonds. The number of ketones is 1. The van der Waals surface area contributed by atoms with Crippen LogP contribution in [0.4, 0.5) is 0 Å². The van der Waals surface area contributed by atoms with Crippen molar-refractivity contribution in [2.45, 2.75) is 5.16 Å². The smallest absolute Gasteiger partial charge is 0.251 e. The Bertz CT molecular complexity index is 870. The molecule has 2 heterocycles. The minimum atomic E-state index is -0.260. The molecule has 7 heteroatoms. The van der Waals surface area contributed by atoms with Crippen molar-refractivity contribution in [3.8, 4) is 5.75 Å². The number of rotatable bonds is 4. The largest absolute Gasteiger partial charge is 0.506 e. The van der Waals surface area contributed by atoms with Gasteiger partial charge >= 0.3 is 0 Å². The van der Waals surface area contributed by atoms with Crippen LogP contribution in [-0.4, -0.2) is 26.6 Å². The van der Waals surface area contributed by atoms with Gasteiger partial charge in [-0.15, -0.1) is 11.3 Å². The number of thiophene rings is 1. The van der Waals surface area contributed by atoms with Crippen LogP contribution in [0.25, 0.3) is 10.1 Å². The van der Waals surface area contributed by atoms with E-state index >= 15 is 0 Å². The predicted octanol–water partition coefficient (Wildman–Crippen LogP) is 2.67. The molecule has 0 fully saturated rings. The number of nitrogens with zero attached hydrogens (tertiary/aromatic N) is 1. The highest BCUT2D eigenvalue weighted by Crippen LogP contribution is 2.37. The second-order valence-corrected chi connectivity index (χ2v) is 6.24. The Kier molecular flexibility index (Phi) is 3.76. The van der Waals surface area contributed by atoms with E-state index < -0.39 is 0 Å². The van der Waals surface area contributed by atoms with Crippen LogP contribution in [0.1, 0.15) is 9.67 Å². The summed E-state index contributed by atoms with van der Waals surface area (Å²) in [6.07, 6.45) is 1.39. The van der Waals surface area contributed by atoms with Crippen molar-refractivity contribution in [3.05, 3.63) is 51.8 Å². The zero-order valence-corrected chi connectivity index (χ0v) is 12.3. The Balaban J connectivity index is 1.81. The second kappa shape index (κ2) is 5.71. The van der Waals surface area contributed by atoms with E-state index in [-0.39, 0.29) is 22.8 Å². The average molecular weight is 318 g/mol. The zero-order chi connectivity index (χ0) is 14.8. The Morgan fingerprint density at radius 1 is 1.33 bits per heavy atom. The maximum absolute atomic E-state index is 12.2. The lowest BCUT2D eigenvalue weighted by atomic mass is 10.2. The third-order valence-corrected chi connectivity index (χ3v) is 4.90. The van der Waals surface area contributed by atoms with Crippen LogP contribution in [0.5, 0.6) is 5.75 Å². The number of Topliss-reactive ketones (excluding diaryl/α,β-unsaturated/α-hetero) is 1. The molecule has 2 aromatic heterocycles. The number of carbonyl (C=O) groups is 1. The molecule has 3 rings (SSSR count). The van der Waals surface area contributed by atoms with E-state index in [4.69, 9.17) is 0 Å². The van der Waals surface area contributed by atoms with E-state index in [1.165, 1.54) is 23.6 Å². The van der Waals surface area contributed by atoms with Gasteiger partial charge in [0.05, 0.1) is 5.75 Å². The van der Waals surface area contributed by atoms with Gasteiger partial charge in [0.1, 0.15) is 10.6 Å². The van der Waals surface area contributed by atoms with Gasteiger partial charge in [-0.3, -0.25) is 9.59 Å². The van der Waals surface area contributed by atoms with E-state index in [1.807, 2.05) is 18.2 Å². The first-order chi connectivity index (χ1) is 10.1. The molecule has 0 atom stereocenters. The predicted molar refractivity (Wildman–Crippen MR) is 83.4 cm³/mol.